The monoisotopic (exact) mass is 622 g/mol. The van der Waals surface area contributed by atoms with Crippen LogP contribution in [0.2, 0.25) is 5.02 Å². The first kappa shape index (κ1) is 32.5. The minimum absolute atomic E-state index is 0.0431. The lowest BCUT2D eigenvalue weighted by atomic mass is 10.0. The van der Waals surface area contributed by atoms with Gasteiger partial charge in [-0.05, 0) is 61.9 Å². The molecule has 3 aromatic rings. The van der Waals surface area contributed by atoms with Crippen molar-refractivity contribution in [3.63, 3.8) is 0 Å². The largest absolute Gasteiger partial charge is 0.490 e. The molecule has 228 valence electrons. The molecule has 0 spiro atoms. The third kappa shape index (κ3) is 9.22. The molecule has 1 atom stereocenters. The van der Waals surface area contributed by atoms with Gasteiger partial charge in [-0.2, -0.15) is 13.2 Å². The van der Waals surface area contributed by atoms with E-state index in [1.165, 1.54) is 18.5 Å². The second kappa shape index (κ2) is 14.2. The van der Waals surface area contributed by atoms with Gasteiger partial charge in [0.05, 0.1) is 16.7 Å². The molecule has 5 rings (SSSR count). The van der Waals surface area contributed by atoms with Crippen LogP contribution >= 0.6 is 11.6 Å². The van der Waals surface area contributed by atoms with Crippen LogP contribution in [0.5, 0.6) is 11.5 Å². The van der Waals surface area contributed by atoms with Crippen molar-refractivity contribution >= 4 is 40.9 Å². The van der Waals surface area contributed by atoms with Crippen molar-refractivity contribution < 1.29 is 42.1 Å². The van der Waals surface area contributed by atoms with Crippen LogP contribution in [0.4, 0.5) is 18.9 Å². The summed E-state index contributed by atoms with van der Waals surface area (Å²) < 4.78 is 43.4. The normalized spacial score (nSPS) is 15.4. The first-order chi connectivity index (χ1) is 20.3. The Kier molecular flexibility index (Phi) is 10.7. The number of amides is 2. The van der Waals surface area contributed by atoms with Crippen LogP contribution in [0, 0.1) is 0 Å². The van der Waals surface area contributed by atoms with Gasteiger partial charge in [0.2, 0.25) is 0 Å². The number of carboxylic acids is 1. The number of anilines is 1. The number of pyridine rings is 1. The van der Waals surface area contributed by atoms with E-state index in [-0.39, 0.29) is 23.4 Å². The fourth-order valence-electron chi connectivity index (χ4n) is 3.45. The number of halogens is 4. The smallest absolute Gasteiger partial charge is 0.487 e. The molecule has 4 bridgehead atoms. The van der Waals surface area contributed by atoms with E-state index >= 15 is 0 Å². The number of alkyl halides is 3. The number of rotatable bonds is 4. The van der Waals surface area contributed by atoms with Gasteiger partial charge in [0.1, 0.15) is 11.9 Å². The Bertz CT molecular complexity index is 1500. The summed E-state index contributed by atoms with van der Waals surface area (Å²) in [6, 6.07) is 12.8. The van der Waals surface area contributed by atoms with Crippen LogP contribution in [0.25, 0.3) is 0 Å². The molecule has 16 heteroatoms. The molecule has 0 aliphatic carbocycles. The highest BCUT2D eigenvalue weighted by molar-refractivity contribution is 6.33. The molecule has 43 heavy (non-hydrogen) atoms. The zero-order valence-corrected chi connectivity index (χ0v) is 23.4. The summed E-state index contributed by atoms with van der Waals surface area (Å²) in [5, 5.41) is 10.5. The second-order valence-electron chi connectivity index (χ2n) is 8.95. The number of nitrogens with two attached hydrogens (primary N) is 1. The predicted octanol–water partition coefficient (Wildman–Crippen LogP) is 3.83. The van der Waals surface area contributed by atoms with E-state index in [4.69, 9.17) is 36.7 Å². The van der Waals surface area contributed by atoms with Crippen LogP contribution < -0.4 is 31.4 Å². The second-order valence-corrected chi connectivity index (χ2v) is 9.35. The number of aromatic nitrogens is 1. The Morgan fingerprint density at radius 3 is 2.42 bits per heavy atom. The van der Waals surface area contributed by atoms with Gasteiger partial charge in [-0.3, -0.25) is 25.4 Å². The Labute approximate surface area is 248 Å². The lowest BCUT2D eigenvalue weighted by Crippen LogP contribution is -2.45. The van der Waals surface area contributed by atoms with Crippen molar-refractivity contribution in [2.45, 2.75) is 32.2 Å². The maximum absolute atomic E-state index is 13.3. The summed E-state index contributed by atoms with van der Waals surface area (Å²) in [5.41, 5.74) is 13.0. The van der Waals surface area contributed by atoms with Gasteiger partial charge in [0.25, 0.3) is 11.8 Å². The number of carboxylic acid groups (broad SMARTS) is 1. The molecule has 2 amide bonds. The van der Waals surface area contributed by atoms with Crippen molar-refractivity contribution in [2.24, 2.45) is 10.7 Å². The van der Waals surface area contributed by atoms with E-state index in [0.717, 1.165) is 0 Å². The number of hydrogen-bond donors (Lipinski definition) is 5. The average molecular weight is 623 g/mol. The molecule has 1 unspecified atom stereocenters. The summed E-state index contributed by atoms with van der Waals surface area (Å²) in [7, 11) is 0. The van der Waals surface area contributed by atoms with Crippen molar-refractivity contribution in [3.8, 4) is 11.5 Å². The van der Waals surface area contributed by atoms with Crippen LogP contribution in [0.1, 0.15) is 41.4 Å². The third-order valence-corrected chi connectivity index (χ3v) is 5.73. The van der Waals surface area contributed by atoms with E-state index in [1.54, 1.807) is 42.5 Å². The van der Waals surface area contributed by atoms with Gasteiger partial charge < -0.3 is 25.6 Å². The van der Waals surface area contributed by atoms with E-state index in [1.807, 2.05) is 13.8 Å². The average Bonchev–Trinajstić information content (AvgIpc) is 2.96. The minimum atomic E-state index is -5.08. The van der Waals surface area contributed by atoms with E-state index < -0.39 is 30.0 Å². The van der Waals surface area contributed by atoms with Gasteiger partial charge in [0, 0.05) is 23.6 Å². The summed E-state index contributed by atoms with van der Waals surface area (Å²) >= 11 is 6.03. The number of ether oxygens (including phenoxy) is 2. The van der Waals surface area contributed by atoms with Gasteiger partial charge in [-0.25, -0.2) is 9.79 Å². The fraction of sp³-hybridized carbons (Fsp3) is 0.222. The first-order valence-electron chi connectivity index (χ1n) is 12.4. The predicted molar refractivity (Wildman–Crippen MR) is 150 cm³/mol. The van der Waals surface area contributed by atoms with Gasteiger partial charge in [0.15, 0.2) is 18.2 Å². The summed E-state index contributed by atoms with van der Waals surface area (Å²) in [6.07, 6.45) is -2.41. The van der Waals surface area contributed by atoms with Crippen molar-refractivity contribution in [3.05, 3.63) is 82.6 Å². The molecule has 12 nitrogen and oxygen atoms in total. The molecule has 2 aromatic carbocycles. The number of nitrogens with zero attached hydrogens (tertiary/aromatic N) is 2. The number of benzene rings is 2. The highest BCUT2D eigenvalue weighted by atomic mass is 35.5. The molecule has 0 saturated carbocycles. The minimum Gasteiger partial charge on any atom is -0.487 e. The number of amidine groups is 1. The fourth-order valence-corrected chi connectivity index (χ4v) is 3.66. The highest BCUT2D eigenvalue weighted by Gasteiger charge is 2.38. The number of aliphatic carboxylic acids is 1. The van der Waals surface area contributed by atoms with Gasteiger partial charge in [-0.15, -0.1) is 0 Å². The molecule has 3 heterocycles. The summed E-state index contributed by atoms with van der Waals surface area (Å²) in [4.78, 5) is 42.8. The van der Waals surface area contributed by atoms with Gasteiger partial charge in [-0.1, -0.05) is 17.7 Å². The number of hydrazine groups is 1. The SMILES string of the molecule is CC(C)Oc1ccc2cc1OC/N=C(/N)c1ccc(cc1)NC2C(=O)NNC(=O)c1ccncc1Cl.O=C(O)C(F)(F)F. The van der Waals surface area contributed by atoms with E-state index in [9.17, 15) is 22.8 Å². The Morgan fingerprint density at radius 1 is 1.14 bits per heavy atom. The van der Waals surface area contributed by atoms with Crippen molar-refractivity contribution in [2.75, 3.05) is 12.0 Å². The van der Waals surface area contributed by atoms with Crippen molar-refractivity contribution in [1.82, 2.24) is 15.8 Å². The molecular formula is C27H26ClF3N6O6. The highest BCUT2D eigenvalue weighted by Crippen LogP contribution is 2.33. The molecule has 1 aromatic heterocycles. The van der Waals surface area contributed by atoms with Crippen molar-refractivity contribution in [1.29, 1.82) is 0 Å². The molecule has 0 fully saturated rings. The molecule has 6 N–H and O–H groups in total. The Balaban J connectivity index is 0.000000646. The molecular weight excluding hydrogens is 597 g/mol. The Hall–Kier alpha value is -5.05. The Morgan fingerprint density at radius 2 is 1.81 bits per heavy atom. The number of hydrogen-bond acceptors (Lipinski definition) is 9. The lowest BCUT2D eigenvalue weighted by Gasteiger charge is -2.22. The topological polar surface area (TPSA) is 177 Å². The van der Waals surface area contributed by atoms with E-state index in [2.05, 4.69) is 26.1 Å². The number of aliphatic imine (C=N–C) groups is 1. The molecule has 0 radical (unpaired) electrons. The van der Waals surface area contributed by atoms with Crippen LogP contribution in [-0.2, 0) is 9.59 Å². The maximum atomic E-state index is 13.3. The molecule has 0 saturated heterocycles. The summed E-state index contributed by atoms with van der Waals surface area (Å²) in [6.45, 7) is 3.75. The zero-order chi connectivity index (χ0) is 31.7. The third-order valence-electron chi connectivity index (χ3n) is 5.43. The van der Waals surface area contributed by atoms with E-state index in [0.29, 0.717) is 34.1 Å². The number of nitrogens with one attached hydrogen (secondary N) is 3. The zero-order valence-electron chi connectivity index (χ0n) is 22.6. The standard InChI is InChI=1S/C25H25ClN6O4.C2HF3O2/c1-14(2)36-20-8-5-16-11-21(20)35-13-29-23(27)15-3-6-17(7-4-15)30-22(16)25(34)32-31-24(33)18-9-10-28-12-19(18)26;3-2(4,5)1(6)7/h3-12,14,22,30H,13H2,1-2H3,(H2,27,29)(H,31,33)(H,32,34);(H,6,7). The van der Waals surface area contributed by atoms with Crippen LogP contribution in [0.3, 0.4) is 0 Å². The molecule has 2 aliphatic heterocycles. The molecule has 2 aliphatic rings. The van der Waals surface area contributed by atoms with Crippen LogP contribution in [-0.4, -0.2) is 52.7 Å². The van der Waals surface area contributed by atoms with Crippen LogP contribution in [0.15, 0.2) is 65.9 Å². The number of carbonyl (C=O) groups excluding carboxylic acids is 2. The summed E-state index contributed by atoms with van der Waals surface area (Å²) in [5.74, 6) is -2.65. The maximum Gasteiger partial charge on any atom is 0.490 e. The lowest BCUT2D eigenvalue weighted by molar-refractivity contribution is -0.192. The quantitative estimate of drug-likeness (QED) is 0.271. The first-order valence-corrected chi connectivity index (χ1v) is 12.7. The number of fused-ring (bicyclic) bond motifs is 5. The number of carbonyl (C=O) groups is 3. The van der Waals surface area contributed by atoms with Gasteiger partial charge >= 0.3 is 12.1 Å².